The Labute approximate surface area is 158 Å². The Morgan fingerprint density at radius 3 is 2.50 bits per heavy atom. The first kappa shape index (κ1) is 17.5. The molecule has 0 unspecified atom stereocenters. The van der Waals surface area contributed by atoms with Crippen molar-refractivity contribution in [1.29, 1.82) is 0 Å². The number of rotatable bonds is 4. The van der Waals surface area contributed by atoms with E-state index in [4.69, 9.17) is 0 Å². The standard InChI is InChI=1S/C21H14FN3O3/c22-17-8-4-7-15-19(17)25(12-16(20(15)26)21(27)28)11-14-9-24-18(10-23-14)13-5-2-1-3-6-13/h1-10,12H,11H2,(H,27,28). The van der Waals surface area contributed by atoms with E-state index in [-0.39, 0.29) is 17.4 Å². The second kappa shape index (κ2) is 7.03. The number of carboxylic acid groups (broad SMARTS) is 1. The van der Waals surface area contributed by atoms with Gasteiger partial charge in [-0.3, -0.25) is 14.8 Å². The lowest BCUT2D eigenvalue weighted by molar-refractivity contribution is 0.0695. The number of hydrogen-bond acceptors (Lipinski definition) is 4. The largest absolute Gasteiger partial charge is 0.477 e. The molecule has 0 spiro atoms. The van der Waals surface area contributed by atoms with Crippen LogP contribution < -0.4 is 5.43 Å². The van der Waals surface area contributed by atoms with Gasteiger partial charge in [-0.05, 0) is 12.1 Å². The highest BCUT2D eigenvalue weighted by Gasteiger charge is 2.17. The summed E-state index contributed by atoms with van der Waals surface area (Å²) in [6.45, 7) is 0.0695. The lowest BCUT2D eigenvalue weighted by Crippen LogP contribution is -2.20. The Balaban J connectivity index is 1.78. The molecule has 4 rings (SSSR count). The van der Waals surface area contributed by atoms with Crippen molar-refractivity contribution in [3.8, 4) is 11.3 Å². The summed E-state index contributed by atoms with van der Waals surface area (Å²) in [5.41, 5.74) is 0.993. The second-order valence-corrected chi connectivity index (χ2v) is 6.20. The van der Waals surface area contributed by atoms with Gasteiger partial charge in [0, 0.05) is 17.1 Å². The van der Waals surface area contributed by atoms with Crippen LogP contribution in [0.1, 0.15) is 16.1 Å². The highest BCUT2D eigenvalue weighted by Crippen LogP contribution is 2.19. The van der Waals surface area contributed by atoms with Crippen LogP contribution in [0.2, 0.25) is 0 Å². The molecule has 0 radical (unpaired) electrons. The number of carbonyl (C=O) groups is 1. The molecule has 2 aromatic heterocycles. The first-order chi connectivity index (χ1) is 13.5. The molecular weight excluding hydrogens is 361 g/mol. The molecule has 138 valence electrons. The Hall–Kier alpha value is -3.87. The molecule has 0 aliphatic rings. The summed E-state index contributed by atoms with van der Waals surface area (Å²) in [5, 5.41) is 9.32. The van der Waals surface area contributed by atoms with Crippen molar-refractivity contribution in [2.24, 2.45) is 0 Å². The molecule has 2 heterocycles. The monoisotopic (exact) mass is 375 g/mol. The molecule has 0 aliphatic heterocycles. The van der Waals surface area contributed by atoms with Gasteiger partial charge >= 0.3 is 5.97 Å². The van der Waals surface area contributed by atoms with E-state index in [1.807, 2.05) is 30.3 Å². The van der Waals surface area contributed by atoms with Crippen molar-refractivity contribution in [2.45, 2.75) is 6.54 Å². The Bertz CT molecular complexity index is 1240. The van der Waals surface area contributed by atoms with Gasteiger partial charge in [0.25, 0.3) is 0 Å². The Morgan fingerprint density at radius 1 is 1.04 bits per heavy atom. The number of para-hydroxylation sites is 1. The molecule has 0 atom stereocenters. The van der Waals surface area contributed by atoms with E-state index in [9.17, 15) is 19.1 Å². The SMILES string of the molecule is O=C(O)c1cn(Cc2cnc(-c3ccccc3)cn2)c2c(F)cccc2c1=O. The van der Waals surface area contributed by atoms with Gasteiger partial charge in [0.2, 0.25) is 5.43 Å². The van der Waals surface area contributed by atoms with Crippen LogP contribution in [-0.2, 0) is 6.54 Å². The summed E-state index contributed by atoms with van der Waals surface area (Å²) in [6.07, 6.45) is 4.29. The highest BCUT2D eigenvalue weighted by molar-refractivity contribution is 5.92. The van der Waals surface area contributed by atoms with Gasteiger partial charge in [-0.25, -0.2) is 9.18 Å². The van der Waals surface area contributed by atoms with Crippen LogP contribution in [0.3, 0.4) is 0 Å². The van der Waals surface area contributed by atoms with E-state index in [0.29, 0.717) is 11.4 Å². The van der Waals surface area contributed by atoms with Gasteiger partial charge < -0.3 is 9.67 Å². The zero-order valence-corrected chi connectivity index (χ0v) is 14.5. The normalized spacial score (nSPS) is 10.9. The van der Waals surface area contributed by atoms with Gasteiger partial charge in [0.05, 0.1) is 35.8 Å². The predicted molar refractivity (Wildman–Crippen MR) is 102 cm³/mol. The Morgan fingerprint density at radius 2 is 1.82 bits per heavy atom. The second-order valence-electron chi connectivity index (χ2n) is 6.20. The van der Waals surface area contributed by atoms with E-state index < -0.39 is 22.8 Å². The van der Waals surface area contributed by atoms with Gasteiger partial charge in [-0.2, -0.15) is 0 Å². The lowest BCUT2D eigenvalue weighted by Gasteiger charge is -2.13. The predicted octanol–water partition coefficient (Wildman–Crippen LogP) is 3.34. The molecule has 4 aromatic rings. The summed E-state index contributed by atoms with van der Waals surface area (Å²) in [6, 6.07) is 13.5. The van der Waals surface area contributed by atoms with Crippen LogP contribution in [0, 0.1) is 5.82 Å². The van der Waals surface area contributed by atoms with E-state index in [2.05, 4.69) is 9.97 Å². The molecule has 0 amide bonds. The zero-order valence-electron chi connectivity index (χ0n) is 14.5. The summed E-state index contributed by atoms with van der Waals surface area (Å²) in [7, 11) is 0. The first-order valence-electron chi connectivity index (χ1n) is 8.46. The molecule has 0 saturated heterocycles. The molecule has 2 aromatic carbocycles. The third kappa shape index (κ3) is 3.14. The summed E-state index contributed by atoms with van der Waals surface area (Å²) < 4.78 is 15.8. The van der Waals surface area contributed by atoms with Crippen molar-refractivity contribution in [3.63, 3.8) is 0 Å². The van der Waals surface area contributed by atoms with Gasteiger partial charge in [-0.1, -0.05) is 36.4 Å². The van der Waals surface area contributed by atoms with Crippen LogP contribution in [0.4, 0.5) is 4.39 Å². The van der Waals surface area contributed by atoms with Gasteiger partial charge in [0.15, 0.2) is 0 Å². The maximum absolute atomic E-state index is 14.4. The number of hydrogen-bond donors (Lipinski definition) is 1. The average molecular weight is 375 g/mol. The first-order valence-corrected chi connectivity index (χ1v) is 8.46. The fraction of sp³-hybridized carbons (Fsp3) is 0.0476. The Kier molecular flexibility index (Phi) is 4.41. The minimum atomic E-state index is -1.37. The molecule has 0 saturated carbocycles. The number of aromatic carboxylic acids is 1. The minimum Gasteiger partial charge on any atom is -0.477 e. The quantitative estimate of drug-likeness (QED) is 0.591. The van der Waals surface area contributed by atoms with E-state index >= 15 is 0 Å². The van der Waals surface area contributed by atoms with Crippen molar-refractivity contribution in [2.75, 3.05) is 0 Å². The van der Waals surface area contributed by atoms with Gasteiger partial charge in [0.1, 0.15) is 11.4 Å². The molecule has 7 heteroatoms. The fourth-order valence-corrected chi connectivity index (χ4v) is 3.06. The molecule has 28 heavy (non-hydrogen) atoms. The number of nitrogens with zero attached hydrogens (tertiary/aromatic N) is 3. The number of fused-ring (bicyclic) bond motifs is 1. The van der Waals surface area contributed by atoms with Crippen molar-refractivity contribution in [1.82, 2.24) is 14.5 Å². The van der Waals surface area contributed by atoms with Gasteiger partial charge in [-0.15, -0.1) is 0 Å². The number of carboxylic acids is 1. The molecule has 6 nitrogen and oxygen atoms in total. The number of aromatic nitrogens is 3. The fourth-order valence-electron chi connectivity index (χ4n) is 3.06. The smallest absolute Gasteiger partial charge is 0.341 e. The van der Waals surface area contributed by atoms with Crippen LogP contribution >= 0.6 is 0 Å². The van der Waals surface area contributed by atoms with Crippen molar-refractivity contribution in [3.05, 3.63) is 94.4 Å². The van der Waals surface area contributed by atoms with E-state index in [1.165, 1.54) is 22.8 Å². The third-order valence-electron chi connectivity index (χ3n) is 4.39. The zero-order chi connectivity index (χ0) is 19.7. The maximum atomic E-state index is 14.4. The molecule has 0 aliphatic carbocycles. The summed E-state index contributed by atoms with van der Waals surface area (Å²) >= 11 is 0. The third-order valence-corrected chi connectivity index (χ3v) is 4.39. The minimum absolute atomic E-state index is 0.00812. The average Bonchev–Trinajstić information content (AvgIpc) is 2.71. The van der Waals surface area contributed by atoms with Crippen LogP contribution in [-0.4, -0.2) is 25.6 Å². The maximum Gasteiger partial charge on any atom is 0.341 e. The van der Waals surface area contributed by atoms with E-state index in [0.717, 1.165) is 11.8 Å². The van der Waals surface area contributed by atoms with Crippen LogP contribution in [0.5, 0.6) is 0 Å². The van der Waals surface area contributed by atoms with Crippen LogP contribution in [0.15, 0.2) is 71.9 Å². The summed E-state index contributed by atoms with van der Waals surface area (Å²) in [5.74, 6) is -1.98. The van der Waals surface area contributed by atoms with E-state index in [1.54, 1.807) is 12.4 Å². The van der Waals surface area contributed by atoms with Crippen molar-refractivity contribution < 1.29 is 14.3 Å². The number of pyridine rings is 1. The molecular formula is C21H14FN3O3. The molecule has 0 bridgehead atoms. The molecule has 0 fully saturated rings. The van der Waals surface area contributed by atoms with Crippen LogP contribution in [0.25, 0.3) is 22.2 Å². The van der Waals surface area contributed by atoms with Crippen molar-refractivity contribution >= 4 is 16.9 Å². The number of halogens is 1. The highest BCUT2D eigenvalue weighted by atomic mass is 19.1. The lowest BCUT2D eigenvalue weighted by atomic mass is 10.1. The summed E-state index contributed by atoms with van der Waals surface area (Å²) in [4.78, 5) is 32.5. The number of benzene rings is 2. The molecule has 1 N–H and O–H groups in total. The topological polar surface area (TPSA) is 85.1 Å².